The van der Waals surface area contributed by atoms with Crippen LogP contribution in [0.3, 0.4) is 0 Å². The maximum Gasteiger partial charge on any atom is 0.265 e. The number of para-hydroxylation sites is 1. The van der Waals surface area contributed by atoms with Crippen molar-refractivity contribution in [3.8, 4) is 5.75 Å². The molecule has 0 bridgehead atoms. The molecule has 1 atom stereocenters. The highest BCUT2D eigenvalue weighted by Crippen LogP contribution is 2.34. The van der Waals surface area contributed by atoms with Crippen molar-refractivity contribution in [2.75, 3.05) is 18.4 Å². The zero-order chi connectivity index (χ0) is 17.8. The Kier molecular flexibility index (Phi) is 4.97. The number of nitrogens with one attached hydrogen (secondary N) is 1. The normalized spacial score (nSPS) is 15.8. The quantitative estimate of drug-likeness (QED) is 0.908. The number of ether oxygens (including phenoxy) is 1. The second kappa shape index (κ2) is 7.34. The molecule has 2 amide bonds. The molecule has 6 heteroatoms. The van der Waals surface area contributed by atoms with E-state index >= 15 is 0 Å². The molecule has 1 N–H and O–H groups in total. The Balaban J connectivity index is 1.79. The molecule has 3 rings (SSSR count). The first kappa shape index (κ1) is 17.0. The van der Waals surface area contributed by atoms with Crippen LogP contribution in [0, 0.1) is 0 Å². The first-order chi connectivity index (χ1) is 12.1. The van der Waals surface area contributed by atoms with Crippen molar-refractivity contribution in [2.45, 2.75) is 26.4 Å². The second-order valence-corrected chi connectivity index (χ2v) is 5.92. The topological polar surface area (TPSA) is 71.5 Å². The lowest BCUT2D eigenvalue weighted by Gasteiger charge is -2.27. The minimum Gasteiger partial charge on any atom is -0.478 e. The molecular weight excluding hydrogens is 318 g/mol. The highest BCUT2D eigenvalue weighted by Gasteiger charge is 2.28. The lowest BCUT2D eigenvalue weighted by molar-refractivity contribution is -0.122. The number of hydrogen-bond acceptors (Lipinski definition) is 4. The number of carbonyl (C=O) groups is 2. The minimum absolute atomic E-state index is 0.100. The molecule has 25 heavy (non-hydrogen) atoms. The number of anilines is 1. The van der Waals surface area contributed by atoms with Gasteiger partial charge >= 0.3 is 0 Å². The van der Waals surface area contributed by atoms with Gasteiger partial charge in [-0.05, 0) is 50.1 Å². The summed E-state index contributed by atoms with van der Waals surface area (Å²) >= 11 is 0. The lowest BCUT2D eigenvalue weighted by Crippen LogP contribution is -2.37. The number of nitrogens with zero attached hydrogens (tertiary/aromatic N) is 2. The van der Waals surface area contributed by atoms with Crippen LogP contribution in [0.15, 0.2) is 42.7 Å². The summed E-state index contributed by atoms with van der Waals surface area (Å²) in [5.41, 5.74) is 2.15. The summed E-state index contributed by atoms with van der Waals surface area (Å²) in [5.74, 6) is 0.140. The van der Waals surface area contributed by atoms with E-state index in [1.54, 1.807) is 42.4 Å². The van der Waals surface area contributed by atoms with Gasteiger partial charge in [0.05, 0.1) is 11.3 Å². The van der Waals surface area contributed by atoms with Gasteiger partial charge in [0.2, 0.25) is 0 Å². The molecular formula is C19H21N3O3. The van der Waals surface area contributed by atoms with E-state index < -0.39 is 6.10 Å². The molecule has 0 fully saturated rings. The standard InChI is InChI=1S/C19H21N3O3/c1-3-22(12-9-14-7-10-20-11-8-14)19(24)15-5-4-6-16-17(15)25-13(2)18(23)21-16/h4-8,10-11,13H,3,9,12H2,1-2H3,(H,21,23). The second-order valence-electron chi connectivity index (χ2n) is 5.92. The van der Waals surface area contributed by atoms with E-state index in [0.29, 0.717) is 30.1 Å². The van der Waals surface area contributed by atoms with Crippen LogP contribution in [0.2, 0.25) is 0 Å². The van der Waals surface area contributed by atoms with Crippen LogP contribution >= 0.6 is 0 Å². The van der Waals surface area contributed by atoms with E-state index in [4.69, 9.17) is 4.74 Å². The molecule has 2 heterocycles. The van der Waals surface area contributed by atoms with Gasteiger partial charge in [-0.3, -0.25) is 14.6 Å². The van der Waals surface area contributed by atoms with Crippen LogP contribution in [0.4, 0.5) is 5.69 Å². The van der Waals surface area contributed by atoms with E-state index in [0.717, 1.165) is 12.0 Å². The average Bonchev–Trinajstić information content (AvgIpc) is 2.63. The number of aromatic nitrogens is 1. The molecule has 0 aliphatic carbocycles. The van der Waals surface area contributed by atoms with Crippen molar-refractivity contribution < 1.29 is 14.3 Å². The van der Waals surface area contributed by atoms with Crippen molar-refractivity contribution in [1.82, 2.24) is 9.88 Å². The van der Waals surface area contributed by atoms with Gasteiger partial charge in [-0.1, -0.05) is 6.07 Å². The number of amides is 2. The SMILES string of the molecule is CCN(CCc1ccncc1)C(=O)c1cccc2c1OC(C)C(=O)N2. The molecule has 0 spiro atoms. The maximum absolute atomic E-state index is 13.0. The third kappa shape index (κ3) is 3.63. The van der Waals surface area contributed by atoms with Crippen LogP contribution in [0.1, 0.15) is 29.8 Å². The summed E-state index contributed by atoms with van der Waals surface area (Å²) in [4.78, 5) is 30.5. The molecule has 1 aromatic heterocycles. The molecule has 130 valence electrons. The molecule has 6 nitrogen and oxygen atoms in total. The fraction of sp³-hybridized carbons (Fsp3) is 0.316. The van der Waals surface area contributed by atoms with Crippen LogP contribution in [0.5, 0.6) is 5.75 Å². The number of hydrogen-bond donors (Lipinski definition) is 1. The van der Waals surface area contributed by atoms with Gasteiger partial charge in [-0.25, -0.2) is 0 Å². The van der Waals surface area contributed by atoms with Crippen molar-refractivity contribution in [3.63, 3.8) is 0 Å². The van der Waals surface area contributed by atoms with Gasteiger partial charge in [0.25, 0.3) is 11.8 Å². The largest absolute Gasteiger partial charge is 0.478 e. The number of pyridine rings is 1. The van der Waals surface area contributed by atoms with Gasteiger partial charge in [-0.15, -0.1) is 0 Å². The van der Waals surface area contributed by atoms with E-state index in [1.165, 1.54) is 0 Å². The van der Waals surface area contributed by atoms with Gasteiger partial charge < -0.3 is 15.0 Å². The van der Waals surface area contributed by atoms with E-state index in [2.05, 4.69) is 10.3 Å². The summed E-state index contributed by atoms with van der Waals surface area (Å²) in [6, 6.07) is 9.12. The van der Waals surface area contributed by atoms with Crippen LogP contribution in [-0.2, 0) is 11.2 Å². The zero-order valence-electron chi connectivity index (χ0n) is 14.4. The third-order valence-corrected chi connectivity index (χ3v) is 4.26. The summed E-state index contributed by atoms with van der Waals surface area (Å²) in [7, 11) is 0. The predicted octanol–water partition coefficient (Wildman–Crippen LogP) is 2.51. The molecule has 1 aliphatic heterocycles. The third-order valence-electron chi connectivity index (χ3n) is 4.26. The first-order valence-corrected chi connectivity index (χ1v) is 8.39. The maximum atomic E-state index is 13.0. The van der Waals surface area contributed by atoms with Gasteiger partial charge in [0.15, 0.2) is 11.9 Å². The Hall–Kier alpha value is -2.89. The molecule has 0 saturated carbocycles. The molecule has 2 aromatic rings. The van der Waals surface area contributed by atoms with Crippen molar-refractivity contribution in [1.29, 1.82) is 0 Å². The summed E-state index contributed by atoms with van der Waals surface area (Å²) in [6.45, 7) is 4.81. The monoisotopic (exact) mass is 339 g/mol. The average molecular weight is 339 g/mol. The van der Waals surface area contributed by atoms with Crippen molar-refractivity contribution >= 4 is 17.5 Å². The Morgan fingerprint density at radius 3 is 2.76 bits per heavy atom. The van der Waals surface area contributed by atoms with Gasteiger partial charge in [-0.2, -0.15) is 0 Å². The Bertz CT molecular complexity index is 777. The number of fused-ring (bicyclic) bond motifs is 1. The first-order valence-electron chi connectivity index (χ1n) is 8.39. The van der Waals surface area contributed by atoms with Crippen LogP contribution in [0.25, 0.3) is 0 Å². The number of likely N-dealkylation sites (N-methyl/N-ethyl adjacent to an activating group) is 1. The molecule has 1 unspecified atom stereocenters. The summed E-state index contributed by atoms with van der Waals surface area (Å²) in [6.07, 6.45) is 3.64. The smallest absolute Gasteiger partial charge is 0.265 e. The minimum atomic E-state index is -0.617. The zero-order valence-corrected chi connectivity index (χ0v) is 14.4. The number of carbonyl (C=O) groups excluding carboxylic acids is 2. The highest BCUT2D eigenvalue weighted by atomic mass is 16.5. The van der Waals surface area contributed by atoms with E-state index in [1.807, 2.05) is 19.1 Å². The van der Waals surface area contributed by atoms with Crippen molar-refractivity contribution in [2.24, 2.45) is 0 Å². The summed E-state index contributed by atoms with van der Waals surface area (Å²) < 4.78 is 5.69. The van der Waals surface area contributed by atoms with Gasteiger partial charge in [0, 0.05) is 25.5 Å². The fourth-order valence-corrected chi connectivity index (χ4v) is 2.78. The van der Waals surface area contributed by atoms with Crippen LogP contribution < -0.4 is 10.1 Å². The highest BCUT2D eigenvalue weighted by molar-refractivity contribution is 6.04. The molecule has 0 saturated heterocycles. The Morgan fingerprint density at radius 2 is 2.04 bits per heavy atom. The molecule has 1 aromatic carbocycles. The van der Waals surface area contributed by atoms with E-state index in [9.17, 15) is 9.59 Å². The van der Waals surface area contributed by atoms with Crippen LogP contribution in [-0.4, -0.2) is 40.9 Å². The Morgan fingerprint density at radius 1 is 1.28 bits per heavy atom. The van der Waals surface area contributed by atoms with Gasteiger partial charge in [0.1, 0.15) is 0 Å². The van der Waals surface area contributed by atoms with E-state index in [-0.39, 0.29) is 11.8 Å². The molecule has 0 radical (unpaired) electrons. The Labute approximate surface area is 146 Å². The number of benzene rings is 1. The van der Waals surface area contributed by atoms with Crippen molar-refractivity contribution in [3.05, 3.63) is 53.9 Å². The summed E-state index contributed by atoms with van der Waals surface area (Å²) in [5, 5.41) is 2.78. The molecule has 1 aliphatic rings. The lowest BCUT2D eigenvalue weighted by atomic mass is 10.1. The predicted molar refractivity (Wildman–Crippen MR) is 94.7 cm³/mol. The number of rotatable bonds is 5. The fourth-order valence-electron chi connectivity index (χ4n) is 2.78.